The monoisotopic (exact) mass is 522 g/mol. The van der Waals surface area contributed by atoms with Gasteiger partial charge in [-0.2, -0.15) is 0 Å². The van der Waals surface area contributed by atoms with Gasteiger partial charge in [0.15, 0.2) is 0 Å². The van der Waals surface area contributed by atoms with Gasteiger partial charge in [0.1, 0.15) is 6.10 Å². The van der Waals surface area contributed by atoms with Crippen LogP contribution >= 0.6 is 7.60 Å². The second-order valence-corrected chi connectivity index (χ2v) is 12.9. The van der Waals surface area contributed by atoms with Crippen molar-refractivity contribution in [1.82, 2.24) is 0 Å². The second-order valence-electron chi connectivity index (χ2n) is 10.9. The molecule has 0 heterocycles. The van der Waals surface area contributed by atoms with E-state index in [1.807, 2.05) is 21.1 Å². The van der Waals surface area contributed by atoms with E-state index in [1.165, 1.54) is 89.9 Å². The molecule has 0 saturated heterocycles. The van der Waals surface area contributed by atoms with E-state index >= 15 is 0 Å². The van der Waals surface area contributed by atoms with Crippen LogP contribution in [-0.4, -0.2) is 75.6 Å². The number of hydrogen-bond donors (Lipinski definition) is 1. The van der Waals surface area contributed by atoms with Gasteiger partial charge < -0.3 is 23.4 Å². The van der Waals surface area contributed by atoms with Crippen LogP contribution in [0, 0.1) is 0 Å². The van der Waals surface area contributed by atoms with E-state index in [2.05, 4.69) is 6.92 Å². The van der Waals surface area contributed by atoms with Crippen molar-refractivity contribution in [3.8, 4) is 0 Å². The van der Waals surface area contributed by atoms with E-state index in [0.717, 1.165) is 12.8 Å². The number of carbonyl (C=O) groups excluding carboxylic acids is 1. The number of unbranched alkanes of at least 4 members (excludes halogenated alkanes) is 15. The minimum absolute atomic E-state index is 0.0599. The molecule has 0 aromatic heterocycles. The predicted octanol–water partition coefficient (Wildman–Crippen LogP) is 6.71. The zero-order valence-corrected chi connectivity index (χ0v) is 24.3. The highest BCUT2D eigenvalue weighted by Gasteiger charge is 2.25. The molecule has 0 aliphatic carbocycles. The van der Waals surface area contributed by atoms with E-state index < -0.39 is 13.7 Å². The Labute approximate surface area is 216 Å². The number of carbonyl (C=O) groups is 1. The van der Waals surface area contributed by atoms with Crippen LogP contribution in [0.15, 0.2) is 0 Å². The summed E-state index contributed by atoms with van der Waals surface area (Å²) in [6, 6.07) is 0. The summed E-state index contributed by atoms with van der Waals surface area (Å²) in [5.41, 5.74) is 0. The molecule has 0 spiro atoms. The largest absolute Gasteiger partial charge is 0.460 e. The lowest BCUT2D eigenvalue weighted by molar-refractivity contribution is -0.867. The Kier molecular flexibility index (Phi) is 22.4. The van der Waals surface area contributed by atoms with Gasteiger partial charge in [-0.1, -0.05) is 103 Å². The van der Waals surface area contributed by atoms with Crippen molar-refractivity contribution in [3.63, 3.8) is 0 Å². The van der Waals surface area contributed by atoms with Gasteiger partial charge in [0.25, 0.3) is 6.47 Å². The van der Waals surface area contributed by atoms with Gasteiger partial charge in [-0.05, 0) is 6.42 Å². The molecule has 0 radical (unpaired) electrons. The first-order chi connectivity index (χ1) is 16.7. The number of nitrogens with zero attached hydrogens (tertiary/aromatic N) is 1. The molecule has 0 aliphatic heterocycles. The van der Waals surface area contributed by atoms with Crippen molar-refractivity contribution in [2.75, 3.05) is 53.7 Å². The molecule has 0 saturated carbocycles. The van der Waals surface area contributed by atoms with E-state index in [0.29, 0.717) is 24.1 Å². The number of quaternary nitrogens is 1. The highest BCUT2D eigenvalue weighted by Crippen LogP contribution is 2.41. The fraction of sp³-hybridized carbons (Fsp3) is 0.963. The molecular formula is C27H57NO6P+. The maximum absolute atomic E-state index is 12.1. The van der Waals surface area contributed by atoms with Gasteiger partial charge in [0.2, 0.25) is 0 Å². The van der Waals surface area contributed by atoms with Crippen molar-refractivity contribution in [2.24, 2.45) is 0 Å². The van der Waals surface area contributed by atoms with Crippen molar-refractivity contribution >= 4 is 14.1 Å². The summed E-state index contributed by atoms with van der Waals surface area (Å²) in [6.45, 7) is 3.75. The molecule has 210 valence electrons. The van der Waals surface area contributed by atoms with Crippen LogP contribution < -0.4 is 0 Å². The molecule has 35 heavy (non-hydrogen) atoms. The van der Waals surface area contributed by atoms with E-state index in [9.17, 15) is 14.3 Å². The normalized spacial score (nSPS) is 14.5. The Balaban J connectivity index is 3.58. The molecule has 1 N–H and O–H groups in total. The molecule has 0 rings (SSSR count). The molecule has 2 unspecified atom stereocenters. The highest BCUT2D eigenvalue weighted by molar-refractivity contribution is 7.52. The third-order valence-corrected chi connectivity index (χ3v) is 7.53. The molecule has 0 aromatic carbocycles. The third-order valence-electron chi connectivity index (χ3n) is 6.21. The molecule has 0 fully saturated rings. The Bertz CT molecular complexity index is 526. The molecule has 7 nitrogen and oxygen atoms in total. The Morgan fingerprint density at radius 1 is 0.771 bits per heavy atom. The Morgan fingerprint density at radius 2 is 1.23 bits per heavy atom. The second kappa shape index (κ2) is 22.7. The van der Waals surface area contributed by atoms with E-state index in [4.69, 9.17) is 14.0 Å². The minimum atomic E-state index is -3.71. The lowest BCUT2D eigenvalue weighted by Gasteiger charge is -2.25. The van der Waals surface area contributed by atoms with Crippen LogP contribution in [0.1, 0.15) is 110 Å². The van der Waals surface area contributed by atoms with Gasteiger partial charge in [0, 0.05) is 6.61 Å². The first kappa shape index (κ1) is 34.5. The number of rotatable bonds is 27. The van der Waals surface area contributed by atoms with Crippen LogP contribution in [0.25, 0.3) is 0 Å². The van der Waals surface area contributed by atoms with E-state index in [-0.39, 0.29) is 19.4 Å². The van der Waals surface area contributed by atoms with Gasteiger partial charge in [-0.15, -0.1) is 0 Å². The molecular weight excluding hydrogens is 465 g/mol. The van der Waals surface area contributed by atoms with Gasteiger partial charge >= 0.3 is 7.60 Å². The summed E-state index contributed by atoms with van der Waals surface area (Å²) >= 11 is 0. The first-order valence-electron chi connectivity index (χ1n) is 14.1. The number of hydrogen-bond acceptors (Lipinski definition) is 5. The predicted molar refractivity (Wildman–Crippen MR) is 145 cm³/mol. The standard InChI is InChI=1S/C27H56NO6P/c1-5-6-7-8-9-10-11-12-13-14-15-16-17-18-19-20-22-32-24-27(33-26-29)25-34-35(30,31)23-21-28(2,3)4/h26-27H,5-25H2,1-4H3/p+1. The molecule has 2 atom stereocenters. The van der Waals surface area contributed by atoms with Crippen molar-refractivity contribution in [2.45, 2.75) is 116 Å². The smallest absolute Gasteiger partial charge is 0.333 e. The first-order valence-corrected chi connectivity index (χ1v) is 15.9. The average molecular weight is 523 g/mol. The van der Waals surface area contributed by atoms with Gasteiger partial charge in [-0.3, -0.25) is 9.36 Å². The van der Waals surface area contributed by atoms with Crippen LogP contribution in [0.3, 0.4) is 0 Å². The van der Waals surface area contributed by atoms with Crippen molar-refractivity contribution in [3.05, 3.63) is 0 Å². The Hall–Kier alpha value is -0.460. The zero-order chi connectivity index (χ0) is 26.3. The lowest BCUT2D eigenvalue weighted by atomic mass is 10.0. The summed E-state index contributed by atoms with van der Waals surface area (Å²) in [5.74, 6) is 0. The van der Waals surface area contributed by atoms with Gasteiger partial charge in [-0.25, -0.2) is 0 Å². The molecule has 0 aromatic rings. The maximum atomic E-state index is 12.1. The third kappa shape index (κ3) is 26.4. The topological polar surface area (TPSA) is 82.1 Å². The molecule has 0 bridgehead atoms. The summed E-state index contributed by atoms with van der Waals surface area (Å²) in [4.78, 5) is 20.7. The van der Waals surface area contributed by atoms with Crippen LogP contribution in [0.4, 0.5) is 0 Å². The van der Waals surface area contributed by atoms with Crippen LogP contribution in [0.2, 0.25) is 0 Å². The fourth-order valence-electron chi connectivity index (χ4n) is 3.86. The SMILES string of the molecule is CCCCCCCCCCCCCCCCCCOCC(COP(=O)(O)CC[N+](C)(C)C)OC=O. The Morgan fingerprint density at radius 3 is 1.66 bits per heavy atom. The average Bonchev–Trinajstić information content (AvgIpc) is 2.80. The number of ether oxygens (including phenoxy) is 2. The summed E-state index contributed by atoms with van der Waals surface area (Å²) in [5, 5.41) is 0. The lowest BCUT2D eigenvalue weighted by Crippen LogP contribution is -2.37. The molecule has 0 aliphatic rings. The zero-order valence-electron chi connectivity index (χ0n) is 23.4. The van der Waals surface area contributed by atoms with Gasteiger partial charge in [0.05, 0.1) is 47.1 Å². The van der Waals surface area contributed by atoms with Crippen LogP contribution in [-0.2, 0) is 23.4 Å². The quantitative estimate of drug-likeness (QED) is 0.0558. The van der Waals surface area contributed by atoms with Crippen molar-refractivity contribution in [1.29, 1.82) is 0 Å². The molecule has 0 amide bonds. The summed E-state index contributed by atoms with van der Waals surface area (Å²) in [6.07, 6.45) is 20.6. The highest BCUT2D eigenvalue weighted by atomic mass is 31.2. The van der Waals surface area contributed by atoms with Crippen LogP contribution in [0.5, 0.6) is 0 Å². The summed E-state index contributed by atoms with van der Waals surface area (Å²) in [7, 11) is 2.14. The summed E-state index contributed by atoms with van der Waals surface area (Å²) < 4.78 is 28.4. The van der Waals surface area contributed by atoms with Crippen molar-refractivity contribution < 1.29 is 32.7 Å². The maximum Gasteiger partial charge on any atom is 0.333 e. The minimum Gasteiger partial charge on any atom is -0.460 e. The van der Waals surface area contributed by atoms with E-state index in [1.54, 1.807) is 0 Å². The fourth-order valence-corrected chi connectivity index (χ4v) is 5.24. The molecule has 8 heteroatoms.